The second-order valence-electron chi connectivity index (χ2n) is 5.25. The van der Waals surface area contributed by atoms with Crippen LogP contribution in [0.3, 0.4) is 0 Å². The van der Waals surface area contributed by atoms with Crippen LogP contribution in [0.5, 0.6) is 5.75 Å². The number of aliphatic hydroxyl groups excluding tert-OH is 1. The van der Waals surface area contributed by atoms with Gasteiger partial charge in [0.1, 0.15) is 5.75 Å². The summed E-state index contributed by atoms with van der Waals surface area (Å²) in [6, 6.07) is 7.16. The molecular weight excluding hydrogens is 242 g/mol. The van der Waals surface area contributed by atoms with E-state index in [1.807, 2.05) is 32.9 Å². The molecule has 1 rings (SSSR count). The number of carbonyl (C=O) groups excluding carboxylic acids is 1. The van der Waals surface area contributed by atoms with Gasteiger partial charge >= 0.3 is 0 Å². The second kappa shape index (κ2) is 6.57. The molecule has 0 spiro atoms. The molecule has 1 aromatic rings. The lowest BCUT2D eigenvalue weighted by Gasteiger charge is -2.27. The SMILES string of the molecule is CCC(C)(C)NC(=O)C(C)Oc1ccccc1CO. The first kappa shape index (κ1) is 15.5. The van der Waals surface area contributed by atoms with Gasteiger partial charge < -0.3 is 15.2 Å². The van der Waals surface area contributed by atoms with Crippen LogP contribution in [0.2, 0.25) is 0 Å². The van der Waals surface area contributed by atoms with Crippen molar-refractivity contribution in [3.05, 3.63) is 29.8 Å². The van der Waals surface area contributed by atoms with E-state index in [0.717, 1.165) is 6.42 Å². The van der Waals surface area contributed by atoms with Gasteiger partial charge in [0.05, 0.1) is 6.61 Å². The average Bonchev–Trinajstić information content (AvgIpc) is 2.38. The number of carbonyl (C=O) groups is 1. The van der Waals surface area contributed by atoms with Gasteiger partial charge in [-0.1, -0.05) is 25.1 Å². The quantitative estimate of drug-likeness (QED) is 0.829. The number of aliphatic hydroxyl groups is 1. The molecule has 1 amide bonds. The molecule has 0 fully saturated rings. The zero-order valence-corrected chi connectivity index (χ0v) is 12.1. The Morgan fingerprint density at radius 2 is 2.05 bits per heavy atom. The highest BCUT2D eigenvalue weighted by atomic mass is 16.5. The first-order valence-corrected chi connectivity index (χ1v) is 6.57. The van der Waals surface area contributed by atoms with E-state index in [2.05, 4.69) is 5.32 Å². The predicted molar refractivity (Wildman–Crippen MR) is 75.0 cm³/mol. The zero-order chi connectivity index (χ0) is 14.5. The third-order valence-electron chi connectivity index (χ3n) is 3.16. The zero-order valence-electron chi connectivity index (χ0n) is 12.1. The first-order valence-electron chi connectivity index (χ1n) is 6.57. The molecule has 106 valence electrons. The molecule has 2 N–H and O–H groups in total. The molecule has 19 heavy (non-hydrogen) atoms. The fraction of sp³-hybridized carbons (Fsp3) is 0.533. The number of nitrogens with one attached hydrogen (secondary N) is 1. The highest BCUT2D eigenvalue weighted by Crippen LogP contribution is 2.19. The van der Waals surface area contributed by atoms with Crippen molar-refractivity contribution in [3.63, 3.8) is 0 Å². The number of hydrogen-bond acceptors (Lipinski definition) is 3. The Hall–Kier alpha value is -1.55. The Balaban J connectivity index is 2.69. The van der Waals surface area contributed by atoms with Crippen molar-refractivity contribution in [2.45, 2.75) is 52.4 Å². The Kier molecular flexibility index (Phi) is 5.36. The molecule has 1 unspecified atom stereocenters. The van der Waals surface area contributed by atoms with Gasteiger partial charge in [-0.15, -0.1) is 0 Å². The smallest absolute Gasteiger partial charge is 0.261 e. The van der Waals surface area contributed by atoms with Gasteiger partial charge in [0, 0.05) is 11.1 Å². The van der Waals surface area contributed by atoms with Crippen molar-refractivity contribution in [3.8, 4) is 5.75 Å². The minimum absolute atomic E-state index is 0.106. The minimum Gasteiger partial charge on any atom is -0.481 e. The molecule has 4 nitrogen and oxygen atoms in total. The van der Waals surface area contributed by atoms with Gasteiger partial charge in [0.2, 0.25) is 0 Å². The molecule has 1 aromatic carbocycles. The maximum absolute atomic E-state index is 12.0. The normalized spacial score (nSPS) is 12.9. The molecule has 0 heterocycles. The average molecular weight is 265 g/mol. The van der Waals surface area contributed by atoms with Crippen molar-refractivity contribution >= 4 is 5.91 Å². The highest BCUT2D eigenvalue weighted by Gasteiger charge is 2.23. The van der Waals surface area contributed by atoms with Crippen LogP contribution in [0, 0.1) is 0 Å². The molecule has 0 bridgehead atoms. The fourth-order valence-corrected chi connectivity index (χ4v) is 1.52. The third kappa shape index (κ3) is 4.56. The maximum atomic E-state index is 12.0. The Morgan fingerprint density at radius 1 is 1.42 bits per heavy atom. The van der Waals surface area contributed by atoms with E-state index in [-0.39, 0.29) is 18.1 Å². The van der Waals surface area contributed by atoms with E-state index in [4.69, 9.17) is 4.74 Å². The summed E-state index contributed by atoms with van der Waals surface area (Å²) >= 11 is 0. The molecular formula is C15H23NO3. The van der Waals surface area contributed by atoms with Crippen LogP contribution in [0.1, 0.15) is 39.7 Å². The Bertz CT molecular complexity index is 429. The topological polar surface area (TPSA) is 58.6 Å². The first-order chi connectivity index (χ1) is 8.89. The van der Waals surface area contributed by atoms with Gasteiger partial charge in [0.15, 0.2) is 6.10 Å². The van der Waals surface area contributed by atoms with Gasteiger partial charge in [0.25, 0.3) is 5.91 Å². The summed E-state index contributed by atoms with van der Waals surface area (Å²) < 4.78 is 5.62. The van der Waals surface area contributed by atoms with E-state index in [0.29, 0.717) is 11.3 Å². The standard InChI is InChI=1S/C15H23NO3/c1-5-15(3,4)16-14(18)11(2)19-13-9-7-6-8-12(13)10-17/h6-9,11,17H,5,10H2,1-4H3,(H,16,18). The van der Waals surface area contributed by atoms with Gasteiger partial charge in [-0.25, -0.2) is 0 Å². The van der Waals surface area contributed by atoms with Crippen molar-refractivity contribution < 1.29 is 14.6 Å². The minimum atomic E-state index is -0.599. The largest absolute Gasteiger partial charge is 0.481 e. The number of para-hydroxylation sites is 1. The van der Waals surface area contributed by atoms with Gasteiger partial charge in [-0.3, -0.25) is 4.79 Å². The number of amides is 1. The number of hydrogen-bond donors (Lipinski definition) is 2. The monoisotopic (exact) mass is 265 g/mol. The van der Waals surface area contributed by atoms with E-state index >= 15 is 0 Å². The lowest BCUT2D eigenvalue weighted by molar-refractivity contribution is -0.129. The van der Waals surface area contributed by atoms with Gasteiger partial charge in [-0.2, -0.15) is 0 Å². The van der Waals surface area contributed by atoms with Crippen LogP contribution in [0.4, 0.5) is 0 Å². The number of ether oxygens (including phenoxy) is 1. The predicted octanol–water partition coefficient (Wildman–Crippen LogP) is 2.25. The summed E-state index contributed by atoms with van der Waals surface area (Å²) in [5, 5.41) is 12.2. The Morgan fingerprint density at radius 3 is 2.63 bits per heavy atom. The fourth-order valence-electron chi connectivity index (χ4n) is 1.52. The van der Waals surface area contributed by atoms with E-state index in [1.54, 1.807) is 19.1 Å². The van der Waals surface area contributed by atoms with Crippen LogP contribution in [-0.2, 0) is 11.4 Å². The van der Waals surface area contributed by atoms with Crippen molar-refractivity contribution in [1.29, 1.82) is 0 Å². The molecule has 0 aliphatic heterocycles. The number of benzene rings is 1. The van der Waals surface area contributed by atoms with Crippen molar-refractivity contribution in [2.75, 3.05) is 0 Å². The molecule has 1 atom stereocenters. The lowest BCUT2D eigenvalue weighted by Crippen LogP contribution is -2.48. The van der Waals surface area contributed by atoms with E-state index in [1.165, 1.54) is 0 Å². The van der Waals surface area contributed by atoms with Crippen molar-refractivity contribution in [1.82, 2.24) is 5.32 Å². The molecule has 0 aliphatic carbocycles. The number of rotatable bonds is 6. The highest BCUT2D eigenvalue weighted by molar-refractivity contribution is 5.81. The molecule has 0 saturated carbocycles. The summed E-state index contributed by atoms with van der Waals surface area (Å²) in [6.07, 6.45) is 0.247. The molecule has 4 heteroatoms. The maximum Gasteiger partial charge on any atom is 0.261 e. The van der Waals surface area contributed by atoms with Crippen molar-refractivity contribution in [2.24, 2.45) is 0 Å². The third-order valence-corrected chi connectivity index (χ3v) is 3.16. The van der Waals surface area contributed by atoms with Crippen LogP contribution in [-0.4, -0.2) is 22.7 Å². The van der Waals surface area contributed by atoms with Crippen LogP contribution in [0.25, 0.3) is 0 Å². The van der Waals surface area contributed by atoms with E-state index in [9.17, 15) is 9.90 Å². The van der Waals surface area contributed by atoms with Crippen LogP contribution in [0.15, 0.2) is 24.3 Å². The van der Waals surface area contributed by atoms with E-state index < -0.39 is 6.10 Å². The summed E-state index contributed by atoms with van der Waals surface area (Å²) in [5.41, 5.74) is 0.433. The van der Waals surface area contributed by atoms with Gasteiger partial charge in [-0.05, 0) is 33.3 Å². The molecule has 0 aromatic heterocycles. The summed E-state index contributed by atoms with van der Waals surface area (Å²) in [4.78, 5) is 12.0. The van der Waals surface area contributed by atoms with Crippen LogP contribution >= 0.6 is 0 Å². The second-order valence-corrected chi connectivity index (χ2v) is 5.25. The molecule has 0 aliphatic rings. The molecule has 0 radical (unpaired) electrons. The Labute approximate surface area is 114 Å². The summed E-state index contributed by atoms with van der Waals surface area (Å²) in [5.74, 6) is 0.390. The summed E-state index contributed by atoms with van der Waals surface area (Å²) in [6.45, 7) is 7.56. The van der Waals surface area contributed by atoms with Crippen LogP contribution < -0.4 is 10.1 Å². The molecule has 0 saturated heterocycles. The lowest BCUT2D eigenvalue weighted by atomic mass is 10.0. The summed E-state index contributed by atoms with van der Waals surface area (Å²) in [7, 11) is 0.